The number of aryl methyl sites for hydroxylation is 2. The van der Waals surface area contributed by atoms with E-state index < -0.39 is 0 Å². The maximum absolute atomic E-state index is 5.44. The molecule has 2 aromatic heterocycles. The number of nitrogens with zero attached hydrogens (tertiary/aromatic N) is 2. The van der Waals surface area contributed by atoms with E-state index in [0.29, 0.717) is 6.54 Å². The van der Waals surface area contributed by atoms with Crippen molar-refractivity contribution in [2.75, 3.05) is 6.54 Å². The van der Waals surface area contributed by atoms with Crippen LogP contribution in [0.3, 0.4) is 0 Å². The first-order valence-electron chi connectivity index (χ1n) is 4.81. The summed E-state index contributed by atoms with van der Waals surface area (Å²) >= 11 is 0. The Labute approximate surface area is 82.6 Å². The highest BCUT2D eigenvalue weighted by Gasteiger charge is 2.02. The highest BCUT2D eigenvalue weighted by atomic mass is 15.0. The van der Waals surface area contributed by atoms with Gasteiger partial charge in [0.25, 0.3) is 0 Å². The number of aromatic amines is 1. The zero-order valence-electron chi connectivity index (χ0n) is 8.25. The van der Waals surface area contributed by atoms with Gasteiger partial charge in [0.05, 0.1) is 5.52 Å². The lowest BCUT2D eigenvalue weighted by molar-refractivity contribution is 0.796. The number of fused-ring (bicyclic) bond motifs is 1. The van der Waals surface area contributed by atoms with Gasteiger partial charge in [-0.05, 0) is 31.5 Å². The number of nitrogens with two attached hydrogens (primary N) is 1. The Hall–Kier alpha value is -1.42. The highest BCUT2D eigenvalue weighted by molar-refractivity contribution is 5.70. The largest absolute Gasteiger partial charge is 0.341 e. The van der Waals surface area contributed by atoms with Crippen molar-refractivity contribution in [1.82, 2.24) is 15.0 Å². The number of hydrogen-bond acceptors (Lipinski definition) is 3. The van der Waals surface area contributed by atoms with Crippen molar-refractivity contribution >= 4 is 11.2 Å². The molecule has 2 heterocycles. The lowest BCUT2D eigenvalue weighted by atomic mass is 10.3. The number of aromatic nitrogens is 3. The van der Waals surface area contributed by atoms with Gasteiger partial charge < -0.3 is 10.7 Å². The molecule has 3 N–H and O–H groups in total. The zero-order chi connectivity index (χ0) is 9.97. The Kier molecular flexibility index (Phi) is 2.45. The molecule has 0 aliphatic heterocycles. The van der Waals surface area contributed by atoms with Gasteiger partial charge in [0.1, 0.15) is 5.82 Å². The van der Waals surface area contributed by atoms with Crippen molar-refractivity contribution in [3.63, 3.8) is 0 Å². The lowest BCUT2D eigenvalue weighted by Gasteiger charge is -1.91. The van der Waals surface area contributed by atoms with E-state index in [1.54, 1.807) is 0 Å². The van der Waals surface area contributed by atoms with Gasteiger partial charge in [-0.15, -0.1) is 0 Å². The summed E-state index contributed by atoms with van der Waals surface area (Å²) in [6, 6.07) is 2.06. The molecule has 2 rings (SSSR count). The van der Waals surface area contributed by atoms with Crippen LogP contribution in [0.4, 0.5) is 0 Å². The molecule has 0 amide bonds. The fourth-order valence-electron chi connectivity index (χ4n) is 1.44. The molecule has 74 valence electrons. The highest BCUT2D eigenvalue weighted by Crippen LogP contribution is 2.10. The molecule has 0 saturated carbocycles. The monoisotopic (exact) mass is 190 g/mol. The van der Waals surface area contributed by atoms with E-state index in [9.17, 15) is 0 Å². The van der Waals surface area contributed by atoms with Crippen molar-refractivity contribution < 1.29 is 0 Å². The normalized spacial score (nSPS) is 11.0. The van der Waals surface area contributed by atoms with Gasteiger partial charge in [-0.25, -0.2) is 9.97 Å². The number of H-pyrrole nitrogens is 1. The van der Waals surface area contributed by atoms with E-state index in [-0.39, 0.29) is 0 Å². The average molecular weight is 190 g/mol. The molecule has 0 aliphatic rings. The molecular formula is C10H14N4. The Bertz CT molecular complexity index is 433. The van der Waals surface area contributed by atoms with Crippen molar-refractivity contribution in [2.45, 2.75) is 19.8 Å². The van der Waals surface area contributed by atoms with E-state index in [4.69, 9.17) is 5.73 Å². The molecule has 0 saturated heterocycles. The predicted molar refractivity (Wildman–Crippen MR) is 56.0 cm³/mol. The molecular weight excluding hydrogens is 176 g/mol. The third-order valence-electron chi connectivity index (χ3n) is 2.14. The SMILES string of the molecule is Cc1cnc2nc(CCCN)[nH]c2c1. The van der Waals surface area contributed by atoms with Gasteiger partial charge in [-0.2, -0.15) is 0 Å². The summed E-state index contributed by atoms with van der Waals surface area (Å²) in [7, 11) is 0. The number of nitrogens with one attached hydrogen (secondary N) is 1. The fourth-order valence-corrected chi connectivity index (χ4v) is 1.44. The number of pyridine rings is 1. The second-order valence-electron chi connectivity index (χ2n) is 3.46. The van der Waals surface area contributed by atoms with Crippen molar-refractivity contribution in [1.29, 1.82) is 0 Å². The van der Waals surface area contributed by atoms with E-state index in [2.05, 4.69) is 21.0 Å². The number of hydrogen-bond donors (Lipinski definition) is 2. The minimum Gasteiger partial charge on any atom is -0.341 e. The zero-order valence-corrected chi connectivity index (χ0v) is 8.25. The van der Waals surface area contributed by atoms with Crippen LogP contribution in [0.1, 0.15) is 17.8 Å². The topological polar surface area (TPSA) is 67.6 Å². The molecule has 4 nitrogen and oxygen atoms in total. The average Bonchev–Trinajstić information content (AvgIpc) is 2.56. The van der Waals surface area contributed by atoms with E-state index in [0.717, 1.165) is 35.4 Å². The molecule has 14 heavy (non-hydrogen) atoms. The van der Waals surface area contributed by atoms with Crippen LogP contribution in [-0.4, -0.2) is 21.5 Å². The van der Waals surface area contributed by atoms with Crippen molar-refractivity contribution in [3.05, 3.63) is 23.7 Å². The van der Waals surface area contributed by atoms with Gasteiger partial charge >= 0.3 is 0 Å². The van der Waals surface area contributed by atoms with Crippen molar-refractivity contribution in [2.24, 2.45) is 5.73 Å². The quantitative estimate of drug-likeness (QED) is 0.763. The summed E-state index contributed by atoms with van der Waals surface area (Å²) in [5.41, 5.74) is 8.39. The first-order valence-corrected chi connectivity index (χ1v) is 4.81. The Balaban J connectivity index is 2.32. The molecule has 0 aromatic carbocycles. The summed E-state index contributed by atoms with van der Waals surface area (Å²) in [4.78, 5) is 11.8. The smallest absolute Gasteiger partial charge is 0.177 e. The summed E-state index contributed by atoms with van der Waals surface area (Å²) < 4.78 is 0. The standard InChI is InChI=1S/C10H14N4/c1-7-5-8-10(12-6-7)14-9(13-8)3-2-4-11/h5-6H,2-4,11H2,1H3,(H,12,13,14). The summed E-state index contributed by atoms with van der Waals surface area (Å²) in [5, 5.41) is 0. The Morgan fingerprint density at radius 1 is 1.50 bits per heavy atom. The minimum atomic E-state index is 0.698. The maximum Gasteiger partial charge on any atom is 0.177 e. The van der Waals surface area contributed by atoms with Gasteiger partial charge in [0, 0.05) is 12.6 Å². The van der Waals surface area contributed by atoms with E-state index in [1.165, 1.54) is 0 Å². The molecule has 2 aromatic rings. The van der Waals surface area contributed by atoms with Crippen LogP contribution in [0.5, 0.6) is 0 Å². The number of rotatable bonds is 3. The summed E-state index contributed by atoms with van der Waals surface area (Å²) in [6.45, 7) is 2.72. The second kappa shape index (κ2) is 3.75. The second-order valence-corrected chi connectivity index (χ2v) is 3.46. The molecule has 0 unspecified atom stereocenters. The van der Waals surface area contributed by atoms with Gasteiger partial charge in [0.15, 0.2) is 5.65 Å². The minimum absolute atomic E-state index is 0.698. The first-order chi connectivity index (χ1) is 6.79. The molecule has 0 aliphatic carbocycles. The molecule has 0 radical (unpaired) electrons. The third kappa shape index (κ3) is 1.75. The Morgan fingerprint density at radius 2 is 2.36 bits per heavy atom. The maximum atomic E-state index is 5.44. The summed E-state index contributed by atoms with van der Waals surface area (Å²) in [5.74, 6) is 0.976. The van der Waals surface area contributed by atoms with Crippen LogP contribution in [0.15, 0.2) is 12.3 Å². The molecule has 0 spiro atoms. The lowest BCUT2D eigenvalue weighted by Crippen LogP contribution is -2.01. The third-order valence-corrected chi connectivity index (χ3v) is 2.14. The van der Waals surface area contributed by atoms with Crippen molar-refractivity contribution in [3.8, 4) is 0 Å². The van der Waals surface area contributed by atoms with Crippen LogP contribution in [0.2, 0.25) is 0 Å². The fraction of sp³-hybridized carbons (Fsp3) is 0.400. The number of imidazole rings is 1. The van der Waals surface area contributed by atoms with Gasteiger partial charge in [-0.3, -0.25) is 0 Å². The van der Waals surface area contributed by atoms with Crippen LogP contribution in [-0.2, 0) is 6.42 Å². The van der Waals surface area contributed by atoms with E-state index >= 15 is 0 Å². The van der Waals surface area contributed by atoms with Crippen LogP contribution in [0.25, 0.3) is 11.2 Å². The van der Waals surface area contributed by atoms with Crippen LogP contribution < -0.4 is 5.73 Å². The van der Waals surface area contributed by atoms with Gasteiger partial charge in [0.2, 0.25) is 0 Å². The molecule has 0 fully saturated rings. The molecule has 4 heteroatoms. The molecule has 0 bridgehead atoms. The van der Waals surface area contributed by atoms with Gasteiger partial charge in [-0.1, -0.05) is 0 Å². The summed E-state index contributed by atoms with van der Waals surface area (Å²) in [6.07, 6.45) is 3.68. The Morgan fingerprint density at radius 3 is 3.14 bits per heavy atom. The van der Waals surface area contributed by atoms with Crippen LogP contribution in [0, 0.1) is 6.92 Å². The predicted octanol–water partition coefficient (Wildman–Crippen LogP) is 1.16. The van der Waals surface area contributed by atoms with Crippen LogP contribution >= 0.6 is 0 Å². The van der Waals surface area contributed by atoms with E-state index in [1.807, 2.05) is 13.1 Å². The first kappa shape index (κ1) is 9.15. The molecule has 0 atom stereocenters.